The molecule has 0 radical (unpaired) electrons. The number of nitrogens with zero attached hydrogens (tertiary/aromatic N) is 5. The average molecular weight is 333 g/mol. The zero-order valence-electron chi connectivity index (χ0n) is 13.6. The number of anilines is 1. The molecule has 9 nitrogen and oxygen atoms in total. The van der Waals surface area contributed by atoms with Crippen LogP contribution in [0.25, 0.3) is 11.0 Å². The molecule has 3 heterocycles. The van der Waals surface area contributed by atoms with E-state index in [1.165, 1.54) is 24.0 Å². The Balaban J connectivity index is 2.22. The Morgan fingerprint density at radius 2 is 2.17 bits per heavy atom. The lowest BCUT2D eigenvalue weighted by Crippen LogP contribution is -2.44. The molecule has 0 bridgehead atoms. The maximum Gasteiger partial charge on any atom is 0.167 e. The topological polar surface area (TPSA) is 128 Å². The van der Waals surface area contributed by atoms with E-state index in [1.54, 1.807) is 19.0 Å². The normalized spacial score (nSPS) is 29.8. The first kappa shape index (κ1) is 16.6. The largest absolute Gasteiger partial charge is 0.394 e. The van der Waals surface area contributed by atoms with Crippen molar-refractivity contribution in [3.05, 3.63) is 18.1 Å². The van der Waals surface area contributed by atoms with E-state index in [0.29, 0.717) is 22.4 Å². The zero-order valence-corrected chi connectivity index (χ0v) is 13.6. The minimum Gasteiger partial charge on any atom is -0.394 e. The third-order valence-corrected chi connectivity index (χ3v) is 4.32. The minimum absolute atomic E-state index is 0.329. The van der Waals surface area contributed by atoms with Gasteiger partial charge in [0.1, 0.15) is 41.7 Å². The van der Waals surface area contributed by atoms with E-state index in [9.17, 15) is 20.6 Å². The maximum atomic E-state index is 10.7. The molecular formula is C15H19N5O4. The Morgan fingerprint density at radius 3 is 2.71 bits per heavy atom. The summed E-state index contributed by atoms with van der Waals surface area (Å²) in [7, 11) is 3.60. The number of aliphatic hydroxyl groups is 3. The van der Waals surface area contributed by atoms with Crippen LogP contribution in [0.3, 0.4) is 0 Å². The second-order valence-corrected chi connectivity index (χ2v) is 6.23. The molecule has 1 aliphatic rings. The molecule has 128 valence electrons. The van der Waals surface area contributed by atoms with Crippen molar-refractivity contribution in [2.24, 2.45) is 0 Å². The van der Waals surface area contributed by atoms with Crippen molar-refractivity contribution in [3.63, 3.8) is 0 Å². The van der Waals surface area contributed by atoms with Crippen molar-refractivity contribution in [2.75, 3.05) is 25.6 Å². The number of nitriles is 1. The lowest BCUT2D eigenvalue weighted by Gasteiger charge is -2.27. The highest BCUT2D eigenvalue weighted by atomic mass is 16.6. The summed E-state index contributed by atoms with van der Waals surface area (Å²) in [5.41, 5.74) is -0.924. The molecule has 1 fully saturated rings. The van der Waals surface area contributed by atoms with E-state index < -0.39 is 30.6 Å². The Bertz CT molecular complexity index is 810. The Labute approximate surface area is 138 Å². The smallest absolute Gasteiger partial charge is 0.167 e. The summed E-state index contributed by atoms with van der Waals surface area (Å²) < 4.78 is 7.12. The van der Waals surface area contributed by atoms with Crippen LogP contribution < -0.4 is 4.90 Å². The van der Waals surface area contributed by atoms with Gasteiger partial charge in [-0.25, -0.2) is 9.97 Å². The fourth-order valence-electron chi connectivity index (χ4n) is 3.06. The number of aliphatic hydroxyl groups excluding tert-OH is 2. The van der Waals surface area contributed by atoms with E-state index in [0.717, 1.165) is 0 Å². The molecule has 24 heavy (non-hydrogen) atoms. The van der Waals surface area contributed by atoms with Crippen molar-refractivity contribution in [2.45, 2.75) is 31.0 Å². The summed E-state index contributed by atoms with van der Waals surface area (Å²) >= 11 is 0. The van der Waals surface area contributed by atoms with Crippen LogP contribution in [-0.4, -0.2) is 68.4 Å². The first-order chi connectivity index (χ1) is 11.3. The molecule has 3 N–H and O–H groups in total. The Kier molecular flexibility index (Phi) is 3.93. The lowest BCUT2D eigenvalue weighted by atomic mass is 9.96. The van der Waals surface area contributed by atoms with Crippen LogP contribution in [0.4, 0.5) is 5.82 Å². The summed E-state index contributed by atoms with van der Waals surface area (Å²) in [4.78, 5) is 10.2. The fourth-order valence-corrected chi connectivity index (χ4v) is 3.06. The standard InChI is InChI=1S/C15H19N5O4/c1-15(23)11(22)9(6-21)24-14(15)20-5-8(4-16)10-12(19(2)3)17-7-18-13(10)20/h5,7,9,11,14,21-23H,6H2,1-3H3/t9-,11-,14-,15-/m1/s1. The van der Waals surface area contributed by atoms with E-state index >= 15 is 0 Å². The Hall–Kier alpha value is -2.25. The number of ether oxygens (including phenoxy) is 1. The van der Waals surface area contributed by atoms with Gasteiger partial charge in [-0.1, -0.05) is 0 Å². The molecule has 1 aliphatic heterocycles. The molecule has 2 aromatic heterocycles. The van der Waals surface area contributed by atoms with E-state index in [-0.39, 0.29) is 0 Å². The summed E-state index contributed by atoms with van der Waals surface area (Å²) in [5.74, 6) is 0.562. The van der Waals surface area contributed by atoms with Crippen molar-refractivity contribution >= 4 is 16.9 Å². The molecule has 0 amide bonds. The number of hydrogen-bond acceptors (Lipinski definition) is 8. The van der Waals surface area contributed by atoms with E-state index in [2.05, 4.69) is 16.0 Å². The second-order valence-electron chi connectivity index (χ2n) is 6.23. The van der Waals surface area contributed by atoms with Gasteiger partial charge in [-0.15, -0.1) is 0 Å². The summed E-state index contributed by atoms with van der Waals surface area (Å²) in [6.45, 7) is 0.986. The number of aromatic nitrogens is 3. The van der Waals surface area contributed by atoms with Crippen LogP contribution in [0.5, 0.6) is 0 Å². The highest BCUT2D eigenvalue weighted by molar-refractivity contribution is 5.93. The first-order valence-electron chi connectivity index (χ1n) is 7.42. The molecule has 1 saturated heterocycles. The SMILES string of the molecule is CN(C)c1ncnc2c1c(C#N)cn2[C@@H]1O[C@H](CO)[C@@H](O)[C@@]1(C)O. The molecule has 0 spiro atoms. The van der Waals surface area contributed by atoms with Crippen molar-refractivity contribution in [1.82, 2.24) is 14.5 Å². The highest BCUT2D eigenvalue weighted by Gasteiger charge is 2.53. The lowest BCUT2D eigenvalue weighted by molar-refractivity contribution is -0.0948. The number of fused-ring (bicyclic) bond motifs is 1. The van der Waals surface area contributed by atoms with Gasteiger partial charge < -0.3 is 29.5 Å². The van der Waals surface area contributed by atoms with Gasteiger partial charge in [0.15, 0.2) is 6.23 Å². The maximum absolute atomic E-state index is 10.7. The number of hydrogen-bond donors (Lipinski definition) is 3. The molecule has 2 aromatic rings. The Morgan fingerprint density at radius 1 is 1.46 bits per heavy atom. The molecule has 0 unspecified atom stereocenters. The van der Waals surface area contributed by atoms with Crippen LogP contribution in [0, 0.1) is 11.3 Å². The minimum atomic E-state index is -1.66. The van der Waals surface area contributed by atoms with Gasteiger partial charge >= 0.3 is 0 Å². The predicted molar refractivity (Wildman–Crippen MR) is 84.2 cm³/mol. The van der Waals surface area contributed by atoms with Crippen LogP contribution in [0.2, 0.25) is 0 Å². The van der Waals surface area contributed by atoms with E-state index in [1.807, 2.05) is 0 Å². The van der Waals surface area contributed by atoms with Gasteiger partial charge in [0.05, 0.1) is 17.6 Å². The third-order valence-electron chi connectivity index (χ3n) is 4.32. The van der Waals surface area contributed by atoms with Crippen molar-refractivity contribution in [3.8, 4) is 6.07 Å². The quantitative estimate of drug-likeness (QED) is 0.677. The van der Waals surface area contributed by atoms with Gasteiger partial charge in [0.25, 0.3) is 0 Å². The van der Waals surface area contributed by atoms with Gasteiger partial charge in [-0.05, 0) is 6.92 Å². The van der Waals surface area contributed by atoms with E-state index in [4.69, 9.17) is 4.74 Å². The molecule has 4 atom stereocenters. The molecule has 3 rings (SSSR count). The van der Waals surface area contributed by atoms with Crippen LogP contribution in [0.15, 0.2) is 12.5 Å². The van der Waals surface area contributed by atoms with Gasteiger partial charge in [-0.3, -0.25) is 0 Å². The average Bonchev–Trinajstić information content (AvgIpc) is 3.03. The monoisotopic (exact) mass is 333 g/mol. The summed E-state index contributed by atoms with van der Waals surface area (Å²) in [6.07, 6.45) is -0.329. The zero-order chi connectivity index (χ0) is 17.6. The third kappa shape index (κ3) is 2.23. The summed E-state index contributed by atoms with van der Waals surface area (Å²) in [5, 5.41) is 40.1. The molecule has 0 aromatic carbocycles. The second kappa shape index (κ2) is 5.68. The number of rotatable bonds is 3. The van der Waals surface area contributed by atoms with Crippen LogP contribution >= 0.6 is 0 Å². The summed E-state index contributed by atoms with van der Waals surface area (Å²) in [6, 6.07) is 2.10. The van der Waals surface area contributed by atoms with Gasteiger partial charge in [0.2, 0.25) is 0 Å². The van der Waals surface area contributed by atoms with Crippen LogP contribution in [0.1, 0.15) is 18.7 Å². The van der Waals surface area contributed by atoms with Crippen molar-refractivity contribution in [1.29, 1.82) is 5.26 Å². The van der Waals surface area contributed by atoms with Gasteiger partial charge in [-0.2, -0.15) is 5.26 Å². The molecule has 9 heteroatoms. The van der Waals surface area contributed by atoms with Crippen LogP contribution in [-0.2, 0) is 4.74 Å². The predicted octanol–water partition coefficient (Wildman–Crippen LogP) is -0.629. The van der Waals surface area contributed by atoms with Crippen molar-refractivity contribution < 1.29 is 20.1 Å². The molecule has 0 saturated carbocycles. The highest BCUT2D eigenvalue weighted by Crippen LogP contribution is 2.41. The fraction of sp³-hybridized carbons (Fsp3) is 0.533. The molecule has 0 aliphatic carbocycles. The molecular weight excluding hydrogens is 314 g/mol. The van der Waals surface area contributed by atoms with Gasteiger partial charge in [0, 0.05) is 20.3 Å². The first-order valence-corrected chi connectivity index (χ1v) is 7.42.